The molecule has 6 nitrogen and oxygen atoms in total. The van der Waals surface area contributed by atoms with E-state index in [1.165, 1.54) is 30.5 Å². The number of rotatable bonds is 5. The number of carbonyl (C=O) groups excluding carboxylic acids is 1. The van der Waals surface area contributed by atoms with E-state index in [0.717, 1.165) is 6.26 Å². The van der Waals surface area contributed by atoms with Crippen LogP contribution in [0.1, 0.15) is 25.0 Å². The van der Waals surface area contributed by atoms with E-state index in [4.69, 9.17) is 9.47 Å². The first kappa shape index (κ1) is 19.0. The Morgan fingerprint density at radius 2 is 1.81 bits per heavy atom. The minimum Gasteiger partial charge on any atom is -0.482 e. The van der Waals surface area contributed by atoms with Gasteiger partial charge in [-0.1, -0.05) is 12.1 Å². The summed E-state index contributed by atoms with van der Waals surface area (Å²) in [6, 6.07) is 8.58. The van der Waals surface area contributed by atoms with Crippen LogP contribution in [0.3, 0.4) is 0 Å². The lowest BCUT2D eigenvalue weighted by atomic mass is 10.0. The van der Waals surface area contributed by atoms with Crippen molar-refractivity contribution in [3.05, 3.63) is 65.3 Å². The molecular weight excluding hydrogens is 373 g/mol. The van der Waals surface area contributed by atoms with E-state index in [2.05, 4.69) is 4.98 Å². The van der Waals surface area contributed by atoms with Gasteiger partial charge in [0, 0.05) is 18.0 Å². The van der Waals surface area contributed by atoms with Crippen LogP contribution in [0.2, 0.25) is 0 Å². The molecule has 0 atom stereocenters. The van der Waals surface area contributed by atoms with Gasteiger partial charge < -0.3 is 9.47 Å². The Morgan fingerprint density at radius 3 is 2.37 bits per heavy atom. The number of hydrogen-bond acceptors (Lipinski definition) is 6. The standard InChI is InChI=1S/C19H18FNO5S/c1-19(2)18(22)17(25-11-12-4-7-14(20)8-5-12)16(26-19)13-6-9-15(21-10-13)27(3,23)24/h4-10H,11H2,1-3H3. The molecule has 0 saturated carbocycles. The molecule has 3 rings (SSSR count). The first-order valence-corrected chi connectivity index (χ1v) is 9.99. The molecule has 1 aliphatic rings. The van der Waals surface area contributed by atoms with Gasteiger partial charge in [0.25, 0.3) is 0 Å². The molecule has 1 aromatic heterocycles. The van der Waals surface area contributed by atoms with Crippen molar-refractivity contribution in [1.29, 1.82) is 0 Å². The van der Waals surface area contributed by atoms with E-state index in [-0.39, 0.29) is 34.8 Å². The van der Waals surface area contributed by atoms with Gasteiger partial charge in [0.15, 0.2) is 26.2 Å². The third kappa shape index (κ3) is 4.00. The fourth-order valence-corrected chi connectivity index (χ4v) is 3.07. The van der Waals surface area contributed by atoms with Gasteiger partial charge in [-0.25, -0.2) is 17.8 Å². The number of ketones is 1. The lowest BCUT2D eigenvalue weighted by molar-refractivity contribution is -0.129. The first-order chi connectivity index (χ1) is 12.6. The molecular formula is C19H18FNO5S. The number of Topliss-reactive ketones (excluding diaryl/α,β-unsaturated/α-hetero) is 1. The van der Waals surface area contributed by atoms with Gasteiger partial charge in [-0.15, -0.1) is 0 Å². The Balaban J connectivity index is 1.92. The number of benzene rings is 1. The number of nitrogens with zero attached hydrogens (tertiary/aromatic N) is 1. The fraction of sp³-hybridized carbons (Fsp3) is 0.263. The molecule has 1 aliphatic heterocycles. The van der Waals surface area contributed by atoms with Crippen molar-refractivity contribution in [2.75, 3.05) is 6.26 Å². The highest BCUT2D eigenvalue weighted by Gasteiger charge is 2.44. The van der Waals surface area contributed by atoms with E-state index in [0.29, 0.717) is 11.1 Å². The number of hydrogen-bond donors (Lipinski definition) is 0. The Bertz CT molecular complexity index is 1010. The van der Waals surface area contributed by atoms with Crippen molar-refractivity contribution in [1.82, 2.24) is 4.98 Å². The predicted octanol–water partition coefficient (Wildman–Crippen LogP) is 2.89. The third-order valence-electron chi connectivity index (χ3n) is 3.99. The van der Waals surface area contributed by atoms with Crippen LogP contribution < -0.4 is 0 Å². The molecule has 2 aromatic rings. The zero-order valence-electron chi connectivity index (χ0n) is 15.0. The van der Waals surface area contributed by atoms with Gasteiger partial charge in [-0.2, -0.15) is 0 Å². The first-order valence-electron chi connectivity index (χ1n) is 8.10. The summed E-state index contributed by atoms with van der Waals surface area (Å²) in [6.45, 7) is 3.28. The predicted molar refractivity (Wildman–Crippen MR) is 95.6 cm³/mol. The molecule has 0 amide bonds. The summed E-state index contributed by atoms with van der Waals surface area (Å²) in [7, 11) is -3.44. The molecule has 8 heteroatoms. The van der Waals surface area contributed by atoms with E-state index >= 15 is 0 Å². The molecule has 0 bridgehead atoms. The Hall–Kier alpha value is -2.74. The number of sulfone groups is 1. The maximum atomic E-state index is 13.0. The van der Waals surface area contributed by atoms with Crippen LogP contribution in [0.25, 0.3) is 5.76 Å². The van der Waals surface area contributed by atoms with Gasteiger partial charge in [0.2, 0.25) is 11.5 Å². The van der Waals surface area contributed by atoms with Crippen LogP contribution in [0.5, 0.6) is 0 Å². The number of pyridine rings is 1. The second-order valence-corrected chi connectivity index (χ2v) is 8.63. The number of ether oxygens (including phenoxy) is 2. The Labute approximate surface area is 156 Å². The van der Waals surface area contributed by atoms with Crippen molar-refractivity contribution in [2.24, 2.45) is 0 Å². The van der Waals surface area contributed by atoms with E-state index in [1.54, 1.807) is 26.0 Å². The summed E-state index contributed by atoms with van der Waals surface area (Å²) in [5.41, 5.74) is -0.00934. The minimum absolute atomic E-state index is 0.0261. The van der Waals surface area contributed by atoms with E-state index < -0.39 is 15.4 Å². The van der Waals surface area contributed by atoms with E-state index in [9.17, 15) is 17.6 Å². The van der Waals surface area contributed by atoms with Crippen LogP contribution in [0, 0.1) is 5.82 Å². The summed E-state index contributed by atoms with van der Waals surface area (Å²) < 4.78 is 47.6. The van der Waals surface area contributed by atoms with Gasteiger partial charge in [-0.3, -0.25) is 4.79 Å². The molecule has 1 aromatic carbocycles. The van der Waals surface area contributed by atoms with Gasteiger partial charge >= 0.3 is 0 Å². The normalized spacial score (nSPS) is 16.4. The molecule has 142 valence electrons. The van der Waals surface area contributed by atoms with E-state index in [1.807, 2.05) is 0 Å². The molecule has 27 heavy (non-hydrogen) atoms. The SMILES string of the molecule is CC1(C)OC(c2ccc(S(C)(=O)=O)nc2)=C(OCc2ccc(F)cc2)C1=O. The average molecular weight is 391 g/mol. The van der Waals surface area contributed by atoms with Gasteiger partial charge in [0.05, 0.1) is 0 Å². The molecule has 0 N–H and O–H groups in total. The smallest absolute Gasteiger partial charge is 0.244 e. The highest BCUT2D eigenvalue weighted by molar-refractivity contribution is 7.90. The maximum Gasteiger partial charge on any atom is 0.244 e. The molecule has 0 spiro atoms. The topological polar surface area (TPSA) is 82.6 Å². The Morgan fingerprint density at radius 1 is 1.15 bits per heavy atom. The molecule has 0 unspecified atom stereocenters. The van der Waals surface area contributed by atoms with Crippen molar-refractivity contribution in [3.63, 3.8) is 0 Å². The molecule has 0 saturated heterocycles. The Kier molecular flexibility index (Phi) is 4.77. The van der Waals surface area contributed by atoms with Crippen LogP contribution in [-0.4, -0.2) is 31.0 Å². The summed E-state index contributed by atoms with van der Waals surface area (Å²) >= 11 is 0. The largest absolute Gasteiger partial charge is 0.482 e. The summed E-state index contributed by atoms with van der Waals surface area (Å²) in [5, 5.41) is -0.0794. The van der Waals surface area contributed by atoms with Crippen LogP contribution in [0.15, 0.2) is 53.4 Å². The zero-order valence-corrected chi connectivity index (χ0v) is 15.8. The lowest BCUT2D eigenvalue weighted by Gasteiger charge is -2.17. The second-order valence-electron chi connectivity index (χ2n) is 6.67. The highest BCUT2D eigenvalue weighted by atomic mass is 32.2. The van der Waals surface area contributed by atoms with Crippen molar-refractivity contribution in [2.45, 2.75) is 31.1 Å². The summed E-state index contributed by atoms with van der Waals surface area (Å²) in [4.78, 5) is 16.5. The number of halogens is 1. The van der Waals surface area contributed by atoms with Gasteiger partial charge in [0.1, 0.15) is 12.4 Å². The van der Waals surface area contributed by atoms with Gasteiger partial charge in [-0.05, 0) is 43.7 Å². The minimum atomic E-state index is -3.44. The average Bonchev–Trinajstić information content (AvgIpc) is 2.84. The summed E-state index contributed by atoms with van der Waals surface area (Å²) in [5.74, 6) is -0.484. The number of carbonyl (C=O) groups is 1. The monoisotopic (exact) mass is 391 g/mol. The molecule has 2 heterocycles. The second kappa shape index (κ2) is 6.77. The highest BCUT2D eigenvalue weighted by Crippen LogP contribution is 2.37. The van der Waals surface area contributed by atoms with Crippen molar-refractivity contribution >= 4 is 21.4 Å². The molecule has 0 aliphatic carbocycles. The molecule has 0 radical (unpaired) electrons. The van der Waals surface area contributed by atoms with Crippen LogP contribution in [-0.2, 0) is 30.7 Å². The molecule has 0 fully saturated rings. The van der Waals surface area contributed by atoms with Crippen LogP contribution >= 0.6 is 0 Å². The maximum absolute atomic E-state index is 13.0. The fourth-order valence-electron chi connectivity index (χ4n) is 2.52. The lowest BCUT2D eigenvalue weighted by Crippen LogP contribution is -2.29. The number of aromatic nitrogens is 1. The quantitative estimate of drug-likeness (QED) is 0.779. The third-order valence-corrected chi connectivity index (χ3v) is 4.99. The zero-order chi connectivity index (χ0) is 19.8. The van der Waals surface area contributed by atoms with Crippen molar-refractivity contribution < 1.29 is 27.1 Å². The van der Waals surface area contributed by atoms with Crippen molar-refractivity contribution in [3.8, 4) is 0 Å². The summed E-state index contributed by atoms with van der Waals surface area (Å²) in [6.07, 6.45) is 2.38. The van der Waals surface area contributed by atoms with Crippen LogP contribution in [0.4, 0.5) is 4.39 Å².